The van der Waals surface area contributed by atoms with Gasteiger partial charge < -0.3 is 4.74 Å². The summed E-state index contributed by atoms with van der Waals surface area (Å²) in [5, 5.41) is 3.72. The van der Waals surface area contributed by atoms with Gasteiger partial charge in [0.25, 0.3) is 5.91 Å². The predicted octanol–water partition coefficient (Wildman–Crippen LogP) is 6.75. The van der Waals surface area contributed by atoms with Gasteiger partial charge in [-0.3, -0.25) is 19.8 Å². The lowest BCUT2D eigenvalue weighted by Gasteiger charge is -2.35. The third kappa shape index (κ3) is 3.24. The topological polar surface area (TPSA) is 58.6 Å². The summed E-state index contributed by atoms with van der Waals surface area (Å²) < 4.78 is 7.69. The van der Waals surface area contributed by atoms with Crippen LogP contribution in [0, 0.1) is 5.92 Å². The van der Waals surface area contributed by atoms with Crippen molar-refractivity contribution in [1.82, 2.24) is 5.32 Å². The number of nitrogens with one attached hydrogen (secondary N) is 1. The molecule has 0 saturated carbocycles. The van der Waals surface area contributed by atoms with E-state index in [-0.39, 0.29) is 11.9 Å². The molecule has 3 heterocycles. The highest BCUT2D eigenvalue weighted by atomic mass is 79.9. The SMILES string of the molecule is O=C1Oc2ccc(Br)cc2[C@@H]2[C@H]1[C@@H](c1ccc(Br)cc1)N[C@]21C(=O)N(c2ccccc2)c2ccccc21. The smallest absolute Gasteiger partial charge is 0.317 e. The van der Waals surface area contributed by atoms with E-state index >= 15 is 0 Å². The molecular weight excluding hydrogens is 596 g/mol. The first-order valence-electron chi connectivity index (χ1n) is 12.0. The standard InChI is InChI=1S/C30H20Br2N2O3/c31-18-12-10-17(11-13-18)27-25-26(21-16-19(32)14-15-24(21)37-28(25)35)30(33-27)22-8-4-5-9-23(22)34(29(30)36)20-6-2-1-3-7-20/h1-16,25-27,33H/t25-,26+,27+,30-/m0/s1. The van der Waals surface area contributed by atoms with E-state index < -0.39 is 23.4 Å². The first-order valence-corrected chi connectivity index (χ1v) is 13.6. The molecule has 4 aromatic carbocycles. The lowest BCUT2D eigenvalue weighted by atomic mass is 9.70. The molecule has 1 saturated heterocycles. The molecule has 1 spiro atoms. The number of carbonyl (C=O) groups is 2. The molecule has 3 aliphatic rings. The number of carbonyl (C=O) groups excluding carboxylic acids is 2. The van der Waals surface area contributed by atoms with Crippen molar-refractivity contribution in [2.45, 2.75) is 17.5 Å². The number of halogens is 2. The van der Waals surface area contributed by atoms with E-state index in [1.54, 1.807) is 11.0 Å². The van der Waals surface area contributed by atoms with E-state index in [1.807, 2.05) is 91.0 Å². The second kappa shape index (κ2) is 8.38. The molecular formula is C30H20Br2N2O3. The number of nitrogens with zero attached hydrogens (tertiary/aromatic N) is 1. The number of benzene rings is 4. The molecule has 0 bridgehead atoms. The molecule has 5 nitrogen and oxygen atoms in total. The van der Waals surface area contributed by atoms with Gasteiger partial charge in [0.2, 0.25) is 0 Å². The number of hydrogen-bond donors (Lipinski definition) is 1. The molecule has 0 unspecified atom stereocenters. The van der Waals surface area contributed by atoms with Crippen molar-refractivity contribution < 1.29 is 14.3 Å². The van der Waals surface area contributed by atoms with Crippen LogP contribution in [-0.4, -0.2) is 11.9 Å². The van der Waals surface area contributed by atoms with E-state index in [1.165, 1.54) is 0 Å². The predicted molar refractivity (Wildman–Crippen MR) is 148 cm³/mol. The van der Waals surface area contributed by atoms with Crippen molar-refractivity contribution >= 4 is 55.1 Å². The van der Waals surface area contributed by atoms with Crippen LogP contribution in [-0.2, 0) is 15.1 Å². The molecule has 1 N–H and O–H groups in total. The molecule has 1 fully saturated rings. The largest absolute Gasteiger partial charge is 0.426 e. The van der Waals surface area contributed by atoms with Gasteiger partial charge in [0, 0.05) is 37.7 Å². The van der Waals surface area contributed by atoms with E-state index in [0.29, 0.717) is 5.75 Å². The van der Waals surface area contributed by atoms with E-state index in [2.05, 4.69) is 37.2 Å². The zero-order valence-corrected chi connectivity index (χ0v) is 22.6. The van der Waals surface area contributed by atoms with Crippen LogP contribution in [0.1, 0.15) is 28.7 Å². The van der Waals surface area contributed by atoms with Gasteiger partial charge >= 0.3 is 5.97 Å². The number of anilines is 2. The van der Waals surface area contributed by atoms with Crippen LogP contribution in [0.2, 0.25) is 0 Å². The number of fused-ring (bicyclic) bond motifs is 6. The fourth-order valence-corrected chi connectivity index (χ4v) is 6.90. The summed E-state index contributed by atoms with van der Waals surface area (Å²) in [5.74, 6) is -1.01. The van der Waals surface area contributed by atoms with Crippen LogP contribution in [0.25, 0.3) is 0 Å². The van der Waals surface area contributed by atoms with Crippen LogP contribution >= 0.6 is 31.9 Å². The van der Waals surface area contributed by atoms with Crippen molar-refractivity contribution in [1.29, 1.82) is 0 Å². The Bertz CT molecular complexity index is 1570. The van der Waals surface area contributed by atoms with Crippen molar-refractivity contribution in [3.63, 3.8) is 0 Å². The molecule has 7 rings (SSSR count). The second-order valence-electron chi connectivity index (χ2n) is 9.58. The maximum absolute atomic E-state index is 14.8. The number of amides is 1. The van der Waals surface area contributed by atoms with Crippen LogP contribution in [0.3, 0.4) is 0 Å². The Balaban J connectivity index is 1.51. The number of hydrogen-bond acceptors (Lipinski definition) is 4. The molecule has 7 heteroatoms. The Morgan fingerprint density at radius 2 is 1.51 bits per heavy atom. The lowest BCUT2D eigenvalue weighted by molar-refractivity contribution is -0.141. The monoisotopic (exact) mass is 614 g/mol. The molecule has 4 aromatic rings. The number of rotatable bonds is 2. The maximum Gasteiger partial charge on any atom is 0.317 e. The molecule has 3 aliphatic heterocycles. The van der Waals surface area contributed by atoms with Crippen LogP contribution in [0.15, 0.2) is 106 Å². The summed E-state index contributed by atoms with van der Waals surface area (Å²) >= 11 is 7.11. The van der Waals surface area contributed by atoms with Crippen LogP contribution < -0.4 is 15.0 Å². The molecule has 1 amide bonds. The van der Waals surface area contributed by atoms with E-state index in [4.69, 9.17) is 4.74 Å². The normalized spacial score (nSPS) is 25.6. The molecule has 0 aromatic heterocycles. The van der Waals surface area contributed by atoms with Gasteiger partial charge in [0.05, 0.1) is 11.6 Å². The fraction of sp³-hybridized carbons (Fsp3) is 0.133. The van der Waals surface area contributed by atoms with Crippen molar-refractivity contribution in [2.75, 3.05) is 4.90 Å². The zero-order chi connectivity index (χ0) is 25.3. The van der Waals surface area contributed by atoms with Gasteiger partial charge in [0.15, 0.2) is 0 Å². The van der Waals surface area contributed by atoms with Gasteiger partial charge in [-0.05, 0) is 54.1 Å². The second-order valence-corrected chi connectivity index (χ2v) is 11.4. The van der Waals surface area contributed by atoms with Gasteiger partial charge in [-0.2, -0.15) is 0 Å². The number of ether oxygens (including phenoxy) is 1. The maximum atomic E-state index is 14.8. The minimum Gasteiger partial charge on any atom is -0.426 e. The minimum absolute atomic E-state index is 0.102. The summed E-state index contributed by atoms with van der Waals surface area (Å²) in [6, 6.07) is 30.6. The Morgan fingerprint density at radius 1 is 0.811 bits per heavy atom. The molecule has 0 aliphatic carbocycles. The summed E-state index contributed by atoms with van der Waals surface area (Å²) in [7, 11) is 0. The molecule has 182 valence electrons. The van der Waals surface area contributed by atoms with Gasteiger partial charge in [-0.15, -0.1) is 0 Å². The van der Waals surface area contributed by atoms with Gasteiger partial charge in [-0.1, -0.05) is 80.4 Å². The fourth-order valence-electron chi connectivity index (χ4n) is 6.25. The highest BCUT2D eigenvalue weighted by Crippen LogP contribution is 2.62. The number of para-hydroxylation sites is 2. The number of esters is 1. The first kappa shape index (κ1) is 22.9. The Hall–Kier alpha value is -3.26. The minimum atomic E-state index is -1.16. The van der Waals surface area contributed by atoms with Crippen LogP contribution in [0.5, 0.6) is 5.75 Å². The Labute approximate surface area is 230 Å². The third-order valence-electron chi connectivity index (χ3n) is 7.71. The molecule has 0 radical (unpaired) electrons. The quantitative estimate of drug-likeness (QED) is 0.200. The van der Waals surface area contributed by atoms with E-state index in [0.717, 1.165) is 37.0 Å². The van der Waals surface area contributed by atoms with Gasteiger partial charge in [0.1, 0.15) is 11.3 Å². The lowest BCUT2D eigenvalue weighted by Crippen LogP contribution is -2.50. The summed E-state index contributed by atoms with van der Waals surface area (Å²) in [5.41, 5.74) is 3.06. The van der Waals surface area contributed by atoms with Crippen molar-refractivity contribution in [3.05, 3.63) is 123 Å². The molecule has 4 atom stereocenters. The third-order valence-corrected chi connectivity index (χ3v) is 8.73. The highest BCUT2D eigenvalue weighted by Gasteiger charge is 2.68. The van der Waals surface area contributed by atoms with Crippen molar-refractivity contribution in [2.24, 2.45) is 5.92 Å². The first-order chi connectivity index (χ1) is 18.0. The van der Waals surface area contributed by atoms with Gasteiger partial charge in [-0.25, -0.2) is 0 Å². The summed E-state index contributed by atoms with van der Waals surface area (Å²) in [4.78, 5) is 30.2. The summed E-state index contributed by atoms with van der Waals surface area (Å²) in [6.45, 7) is 0. The Morgan fingerprint density at radius 3 is 2.30 bits per heavy atom. The van der Waals surface area contributed by atoms with E-state index in [9.17, 15) is 9.59 Å². The summed E-state index contributed by atoms with van der Waals surface area (Å²) in [6.07, 6.45) is 0. The van der Waals surface area contributed by atoms with Crippen LogP contribution in [0.4, 0.5) is 11.4 Å². The zero-order valence-electron chi connectivity index (χ0n) is 19.4. The van der Waals surface area contributed by atoms with Crippen molar-refractivity contribution in [3.8, 4) is 5.75 Å². The molecule has 37 heavy (non-hydrogen) atoms. The average Bonchev–Trinajstić information content (AvgIpc) is 3.40. The average molecular weight is 616 g/mol. The Kier molecular flexibility index (Phi) is 5.19. The highest BCUT2D eigenvalue weighted by molar-refractivity contribution is 9.10.